The van der Waals surface area contributed by atoms with Crippen LogP contribution >= 0.6 is 0 Å². The summed E-state index contributed by atoms with van der Waals surface area (Å²) in [4.78, 5) is 24.5. The molecule has 0 radical (unpaired) electrons. The number of fused-ring (bicyclic) bond motifs is 2. The highest BCUT2D eigenvalue weighted by atomic mass is 16.4. The smallest absolute Gasteiger partial charge is 0.326 e. The minimum atomic E-state index is -1.00. The van der Waals surface area contributed by atoms with E-state index in [9.17, 15) is 14.7 Å². The third-order valence-corrected chi connectivity index (χ3v) is 5.59. The predicted molar refractivity (Wildman–Crippen MR) is 109 cm³/mol. The summed E-state index contributed by atoms with van der Waals surface area (Å²) in [5.74, 6) is -1.34. The standard InChI is InChI=1S/C24H23NO3/c26-23(21-12-11-18-6-2-4-8-20(18)15-21)25-22(24(27)28)14-16-9-10-17-5-1-3-7-19(17)13-16/h1-10,13,21-22H,11-12,14-15H2,(H,25,26)(H,27,28)/t21?,22-/m0/s1. The Hall–Kier alpha value is -3.14. The summed E-state index contributed by atoms with van der Waals surface area (Å²) in [6.07, 6.45) is 2.56. The summed E-state index contributed by atoms with van der Waals surface area (Å²) >= 11 is 0. The Labute approximate surface area is 164 Å². The van der Waals surface area contributed by atoms with Gasteiger partial charge in [0.2, 0.25) is 5.91 Å². The molecule has 0 bridgehead atoms. The lowest BCUT2D eigenvalue weighted by atomic mass is 9.83. The highest BCUT2D eigenvalue weighted by Crippen LogP contribution is 2.25. The molecule has 0 saturated heterocycles. The Bertz CT molecular complexity index is 1030. The SMILES string of the molecule is O=C(N[C@@H](Cc1ccc2ccccc2c1)C(=O)O)C1CCc2ccccc2C1. The lowest BCUT2D eigenvalue weighted by molar-refractivity contribution is -0.142. The molecule has 1 unspecified atom stereocenters. The number of carbonyl (C=O) groups is 2. The fraction of sp³-hybridized carbons (Fsp3) is 0.250. The van der Waals surface area contributed by atoms with Gasteiger partial charge in [0, 0.05) is 12.3 Å². The Morgan fingerprint density at radius 1 is 0.964 bits per heavy atom. The monoisotopic (exact) mass is 373 g/mol. The Balaban J connectivity index is 1.46. The zero-order valence-corrected chi connectivity index (χ0v) is 15.6. The van der Waals surface area contributed by atoms with Gasteiger partial charge in [-0.15, -0.1) is 0 Å². The molecule has 1 aliphatic carbocycles. The van der Waals surface area contributed by atoms with Crippen LogP contribution < -0.4 is 5.32 Å². The topological polar surface area (TPSA) is 66.4 Å². The molecule has 3 aromatic rings. The van der Waals surface area contributed by atoms with Gasteiger partial charge in [-0.05, 0) is 46.7 Å². The van der Waals surface area contributed by atoms with Crippen LogP contribution in [-0.2, 0) is 28.9 Å². The zero-order chi connectivity index (χ0) is 19.5. The molecule has 28 heavy (non-hydrogen) atoms. The van der Waals surface area contributed by atoms with Gasteiger partial charge < -0.3 is 10.4 Å². The van der Waals surface area contributed by atoms with Crippen molar-refractivity contribution in [2.24, 2.45) is 5.92 Å². The third-order valence-electron chi connectivity index (χ3n) is 5.59. The van der Waals surface area contributed by atoms with Gasteiger partial charge in [-0.25, -0.2) is 4.79 Å². The zero-order valence-electron chi connectivity index (χ0n) is 15.6. The predicted octanol–water partition coefficient (Wildman–Crippen LogP) is 3.76. The van der Waals surface area contributed by atoms with Crippen molar-refractivity contribution < 1.29 is 14.7 Å². The van der Waals surface area contributed by atoms with E-state index in [1.54, 1.807) is 0 Å². The molecule has 0 heterocycles. The van der Waals surface area contributed by atoms with Gasteiger partial charge in [0.25, 0.3) is 0 Å². The van der Waals surface area contributed by atoms with Crippen molar-refractivity contribution >= 4 is 22.6 Å². The first-order valence-corrected chi connectivity index (χ1v) is 9.68. The van der Waals surface area contributed by atoms with Crippen LogP contribution in [0.25, 0.3) is 10.8 Å². The van der Waals surface area contributed by atoms with Crippen LogP contribution in [0.1, 0.15) is 23.1 Å². The van der Waals surface area contributed by atoms with E-state index in [1.807, 2.05) is 54.6 Å². The van der Waals surface area contributed by atoms with Crippen molar-refractivity contribution in [3.63, 3.8) is 0 Å². The Kier molecular flexibility index (Phi) is 5.11. The van der Waals surface area contributed by atoms with Crippen LogP contribution in [-0.4, -0.2) is 23.0 Å². The average Bonchev–Trinajstić information content (AvgIpc) is 2.72. The number of carboxylic acid groups (broad SMARTS) is 1. The second-order valence-corrected chi connectivity index (χ2v) is 7.49. The molecule has 0 fully saturated rings. The fourth-order valence-electron chi connectivity index (χ4n) is 4.01. The van der Waals surface area contributed by atoms with E-state index in [-0.39, 0.29) is 18.2 Å². The number of hydrogen-bond donors (Lipinski definition) is 2. The molecular weight excluding hydrogens is 350 g/mol. The van der Waals surface area contributed by atoms with Crippen LogP contribution in [0.3, 0.4) is 0 Å². The number of rotatable bonds is 5. The van der Waals surface area contributed by atoms with Gasteiger partial charge in [-0.3, -0.25) is 4.79 Å². The minimum Gasteiger partial charge on any atom is -0.480 e. The molecule has 1 amide bonds. The molecular formula is C24H23NO3. The van der Waals surface area contributed by atoms with E-state index < -0.39 is 12.0 Å². The summed E-state index contributed by atoms with van der Waals surface area (Å²) in [6, 6.07) is 21.1. The van der Waals surface area contributed by atoms with Crippen molar-refractivity contribution in [1.82, 2.24) is 5.32 Å². The third kappa shape index (κ3) is 3.91. The van der Waals surface area contributed by atoms with Crippen LogP contribution in [0.2, 0.25) is 0 Å². The van der Waals surface area contributed by atoms with Crippen molar-refractivity contribution in [3.8, 4) is 0 Å². The maximum atomic E-state index is 12.8. The van der Waals surface area contributed by atoms with E-state index in [1.165, 1.54) is 11.1 Å². The van der Waals surface area contributed by atoms with Crippen molar-refractivity contribution in [1.29, 1.82) is 0 Å². The number of aryl methyl sites for hydroxylation is 1. The van der Waals surface area contributed by atoms with Crippen LogP contribution in [0, 0.1) is 5.92 Å². The first kappa shape index (κ1) is 18.2. The first-order chi connectivity index (χ1) is 13.6. The number of amides is 1. The van der Waals surface area contributed by atoms with Crippen LogP contribution in [0.15, 0.2) is 66.7 Å². The van der Waals surface area contributed by atoms with E-state index in [0.717, 1.165) is 29.2 Å². The van der Waals surface area contributed by atoms with Crippen LogP contribution in [0.4, 0.5) is 0 Å². The molecule has 0 aliphatic heterocycles. The van der Waals surface area contributed by atoms with Gasteiger partial charge in [-0.2, -0.15) is 0 Å². The quantitative estimate of drug-likeness (QED) is 0.716. The highest BCUT2D eigenvalue weighted by molar-refractivity contribution is 5.86. The van der Waals surface area contributed by atoms with Crippen molar-refractivity contribution in [3.05, 3.63) is 83.4 Å². The molecule has 4 heteroatoms. The molecule has 3 aromatic carbocycles. The van der Waals surface area contributed by atoms with Gasteiger partial charge >= 0.3 is 5.97 Å². The average molecular weight is 373 g/mol. The van der Waals surface area contributed by atoms with Gasteiger partial charge in [0.1, 0.15) is 6.04 Å². The Morgan fingerprint density at radius 3 is 2.46 bits per heavy atom. The molecule has 2 N–H and O–H groups in total. The lowest BCUT2D eigenvalue weighted by Crippen LogP contribution is -2.46. The highest BCUT2D eigenvalue weighted by Gasteiger charge is 2.28. The molecule has 142 valence electrons. The summed E-state index contributed by atoms with van der Waals surface area (Å²) < 4.78 is 0. The lowest BCUT2D eigenvalue weighted by Gasteiger charge is -2.25. The van der Waals surface area contributed by atoms with Crippen molar-refractivity contribution in [2.75, 3.05) is 0 Å². The summed E-state index contributed by atoms with van der Waals surface area (Å²) in [7, 11) is 0. The van der Waals surface area contributed by atoms with E-state index >= 15 is 0 Å². The summed E-state index contributed by atoms with van der Waals surface area (Å²) in [5.41, 5.74) is 3.38. The molecule has 2 atom stereocenters. The summed E-state index contributed by atoms with van der Waals surface area (Å²) in [5, 5.41) is 14.6. The molecule has 4 rings (SSSR count). The van der Waals surface area contributed by atoms with Crippen molar-refractivity contribution in [2.45, 2.75) is 31.7 Å². The van der Waals surface area contributed by atoms with Gasteiger partial charge in [-0.1, -0.05) is 66.7 Å². The largest absolute Gasteiger partial charge is 0.480 e. The molecule has 4 nitrogen and oxygen atoms in total. The van der Waals surface area contributed by atoms with E-state index in [0.29, 0.717) is 6.42 Å². The maximum absolute atomic E-state index is 12.8. The number of aliphatic carboxylic acids is 1. The number of carbonyl (C=O) groups excluding carboxylic acids is 1. The molecule has 0 aromatic heterocycles. The second kappa shape index (κ2) is 7.85. The van der Waals surface area contributed by atoms with Crippen LogP contribution in [0.5, 0.6) is 0 Å². The maximum Gasteiger partial charge on any atom is 0.326 e. The second-order valence-electron chi connectivity index (χ2n) is 7.49. The number of nitrogens with one attached hydrogen (secondary N) is 1. The van der Waals surface area contributed by atoms with Gasteiger partial charge in [0.15, 0.2) is 0 Å². The van der Waals surface area contributed by atoms with E-state index in [2.05, 4.69) is 17.4 Å². The molecule has 0 spiro atoms. The Morgan fingerprint density at radius 2 is 1.68 bits per heavy atom. The number of carboxylic acids is 1. The number of benzene rings is 3. The van der Waals surface area contributed by atoms with Gasteiger partial charge in [0.05, 0.1) is 0 Å². The summed E-state index contributed by atoms with van der Waals surface area (Å²) in [6.45, 7) is 0. The first-order valence-electron chi connectivity index (χ1n) is 9.68. The molecule has 0 saturated carbocycles. The van der Waals surface area contributed by atoms with E-state index in [4.69, 9.17) is 0 Å². The number of hydrogen-bond acceptors (Lipinski definition) is 2. The fourth-order valence-corrected chi connectivity index (χ4v) is 4.01. The minimum absolute atomic E-state index is 0.164. The normalized spacial score (nSPS) is 16.9. The molecule has 1 aliphatic rings.